The molecule has 0 radical (unpaired) electrons. The van der Waals surface area contributed by atoms with Crippen LogP contribution in [-0.4, -0.2) is 49.2 Å². The summed E-state index contributed by atoms with van der Waals surface area (Å²) in [6.07, 6.45) is 6.52. The lowest BCUT2D eigenvalue weighted by molar-refractivity contribution is -0.151. The number of carbonyl (C=O) groups is 1. The second kappa shape index (κ2) is 8.63. The van der Waals surface area contributed by atoms with Crippen molar-refractivity contribution in [3.8, 4) is 0 Å². The van der Waals surface area contributed by atoms with E-state index >= 15 is 0 Å². The maximum absolute atomic E-state index is 12.2. The Bertz CT molecular complexity index is 292. The van der Waals surface area contributed by atoms with Gasteiger partial charge in [0.2, 0.25) is 0 Å². The highest BCUT2D eigenvalue weighted by Gasteiger charge is 2.44. The van der Waals surface area contributed by atoms with E-state index in [1.807, 2.05) is 0 Å². The van der Waals surface area contributed by atoms with Crippen molar-refractivity contribution in [1.29, 1.82) is 0 Å². The minimum Gasteiger partial charge on any atom is -0.468 e. The third-order valence-corrected chi connectivity index (χ3v) is 4.54. The summed E-state index contributed by atoms with van der Waals surface area (Å²) in [6, 6.07) is 0.499. The van der Waals surface area contributed by atoms with Gasteiger partial charge in [0.05, 0.1) is 7.11 Å². The van der Waals surface area contributed by atoms with Crippen LogP contribution in [0.4, 0.5) is 0 Å². The molecule has 2 unspecified atom stereocenters. The molecule has 1 rings (SSSR count). The molecule has 0 amide bonds. The number of carbonyl (C=O) groups excluding carboxylic acids is 1. The molecule has 0 heterocycles. The number of unbranched alkanes of at least 4 members (excludes halogenated alkanes) is 1. The molecular formula is C16H32N2O2. The topological polar surface area (TPSA) is 41.6 Å². The first kappa shape index (κ1) is 17.4. The predicted molar refractivity (Wildman–Crippen MR) is 82.8 cm³/mol. The summed E-state index contributed by atoms with van der Waals surface area (Å²) in [5.74, 6) is -0.0874. The van der Waals surface area contributed by atoms with Crippen molar-refractivity contribution >= 4 is 5.97 Å². The Morgan fingerprint density at radius 3 is 2.70 bits per heavy atom. The van der Waals surface area contributed by atoms with Crippen LogP contribution in [0.25, 0.3) is 0 Å². The molecule has 0 bridgehead atoms. The summed E-state index contributed by atoms with van der Waals surface area (Å²) in [5.41, 5.74) is -0.466. The normalized spacial score (nSPS) is 26.8. The van der Waals surface area contributed by atoms with Gasteiger partial charge >= 0.3 is 5.97 Å². The van der Waals surface area contributed by atoms with Crippen LogP contribution >= 0.6 is 0 Å². The fourth-order valence-electron chi connectivity index (χ4n) is 3.47. The van der Waals surface area contributed by atoms with Crippen LogP contribution in [0.1, 0.15) is 59.3 Å². The van der Waals surface area contributed by atoms with Crippen molar-refractivity contribution in [2.45, 2.75) is 70.9 Å². The first-order chi connectivity index (χ1) is 9.63. The SMILES string of the molecule is CCCCN(CC)C1CCCC(NCC)(C(=O)OC)C1. The highest BCUT2D eigenvalue weighted by molar-refractivity contribution is 5.81. The van der Waals surface area contributed by atoms with Crippen LogP contribution in [-0.2, 0) is 9.53 Å². The average Bonchev–Trinajstić information content (AvgIpc) is 2.48. The summed E-state index contributed by atoms with van der Waals surface area (Å²) in [4.78, 5) is 14.8. The third-order valence-electron chi connectivity index (χ3n) is 4.54. The monoisotopic (exact) mass is 284 g/mol. The molecule has 2 atom stereocenters. The molecule has 20 heavy (non-hydrogen) atoms. The fourth-order valence-corrected chi connectivity index (χ4v) is 3.47. The van der Waals surface area contributed by atoms with E-state index in [2.05, 4.69) is 31.0 Å². The van der Waals surface area contributed by atoms with Gasteiger partial charge in [-0.2, -0.15) is 0 Å². The summed E-state index contributed by atoms with van der Waals surface area (Å²) >= 11 is 0. The molecule has 1 N–H and O–H groups in total. The second-order valence-corrected chi connectivity index (χ2v) is 5.84. The Hall–Kier alpha value is -0.610. The van der Waals surface area contributed by atoms with Gasteiger partial charge in [-0.05, 0) is 51.7 Å². The minimum atomic E-state index is -0.466. The molecule has 0 spiro atoms. The van der Waals surface area contributed by atoms with E-state index in [1.54, 1.807) is 0 Å². The number of nitrogens with one attached hydrogen (secondary N) is 1. The van der Waals surface area contributed by atoms with Crippen molar-refractivity contribution in [3.05, 3.63) is 0 Å². The molecule has 1 saturated carbocycles. The molecule has 118 valence electrons. The van der Waals surface area contributed by atoms with E-state index in [0.29, 0.717) is 6.04 Å². The van der Waals surface area contributed by atoms with Gasteiger partial charge in [0.15, 0.2) is 0 Å². The van der Waals surface area contributed by atoms with Crippen LogP contribution in [0.2, 0.25) is 0 Å². The van der Waals surface area contributed by atoms with Gasteiger partial charge in [-0.15, -0.1) is 0 Å². The summed E-state index contributed by atoms with van der Waals surface area (Å²) < 4.78 is 5.07. The van der Waals surface area contributed by atoms with Crippen molar-refractivity contribution in [2.24, 2.45) is 0 Å². The maximum atomic E-state index is 12.2. The number of methoxy groups -OCH3 is 1. The van der Waals surface area contributed by atoms with Gasteiger partial charge in [-0.3, -0.25) is 4.79 Å². The summed E-state index contributed by atoms with van der Waals surface area (Å²) in [7, 11) is 1.50. The van der Waals surface area contributed by atoms with Crippen LogP contribution in [0.15, 0.2) is 0 Å². The van der Waals surface area contributed by atoms with Crippen LogP contribution in [0.5, 0.6) is 0 Å². The van der Waals surface area contributed by atoms with Crippen LogP contribution < -0.4 is 5.32 Å². The third kappa shape index (κ3) is 4.19. The van der Waals surface area contributed by atoms with Gasteiger partial charge in [-0.1, -0.05) is 27.2 Å². The molecule has 0 saturated heterocycles. The number of ether oxygens (including phenoxy) is 1. The van der Waals surface area contributed by atoms with Crippen LogP contribution in [0, 0.1) is 0 Å². The van der Waals surface area contributed by atoms with E-state index in [1.165, 1.54) is 26.4 Å². The zero-order valence-electron chi connectivity index (χ0n) is 13.7. The standard InChI is InChI=1S/C16H32N2O2/c1-5-8-12-18(7-3)14-10-9-11-16(13-14,17-6-2)15(19)20-4/h14,17H,5-13H2,1-4H3. The Kier molecular flexibility index (Phi) is 7.52. The lowest BCUT2D eigenvalue weighted by atomic mass is 9.78. The quantitative estimate of drug-likeness (QED) is 0.696. The number of rotatable bonds is 8. The van der Waals surface area contributed by atoms with Crippen molar-refractivity contribution in [2.75, 3.05) is 26.7 Å². The second-order valence-electron chi connectivity index (χ2n) is 5.84. The Labute approximate surface area is 124 Å². The predicted octanol–water partition coefficient (Wildman–Crippen LogP) is 2.57. The number of likely N-dealkylation sites (N-methyl/N-ethyl adjacent to an activating group) is 1. The zero-order chi connectivity index (χ0) is 15.0. The van der Waals surface area contributed by atoms with E-state index in [9.17, 15) is 4.79 Å². The lowest BCUT2D eigenvalue weighted by Crippen LogP contribution is -2.58. The van der Waals surface area contributed by atoms with Gasteiger partial charge < -0.3 is 15.0 Å². The molecule has 1 aliphatic rings. The van der Waals surface area contributed by atoms with E-state index in [4.69, 9.17) is 4.74 Å². The molecular weight excluding hydrogens is 252 g/mol. The zero-order valence-corrected chi connectivity index (χ0v) is 13.7. The van der Waals surface area contributed by atoms with E-state index in [-0.39, 0.29) is 5.97 Å². The molecule has 0 aromatic carbocycles. The molecule has 4 heteroatoms. The first-order valence-electron chi connectivity index (χ1n) is 8.21. The Balaban J connectivity index is 2.77. The molecule has 0 aromatic heterocycles. The molecule has 4 nitrogen and oxygen atoms in total. The van der Waals surface area contributed by atoms with Gasteiger partial charge in [0, 0.05) is 6.04 Å². The van der Waals surface area contributed by atoms with Crippen molar-refractivity contribution < 1.29 is 9.53 Å². The number of nitrogens with zero attached hydrogens (tertiary/aromatic N) is 1. The molecule has 1 fully saturated rings. The minimum absolute atomic E-state index is 0.0874. The van der Waals surface area contributed by atoms with E-state index in [0.717, 1.165) is 38.9 Å². The van der Waals surface area contributed by atoms with Gasteiger partial charge in [0.1, 0.15) is 5.54 Å². The number of esters is 1. The van der Waals surface area contributed by atoms with E-state index < -0.39 is 5.54 Å². The largest absolute Gasteiger partial charge is 0.468 e. The smallest absolute Gasteiger partial charge is 0.326 e. The Morgan fingerprint density at radius 2 is 2.15 bits per heavy atom. The summed E-state index contributed by atoms with van der Waals surface area (Å²) in [5, 5.41) is 3.41. The highest BCUT2D eigenvalue weighted by Crippen LogP contribution is 2.32. The van der Waals surface area contributed by atoms with Crippen molar-refractivity contribution in [3.63, 3.8) is 0 Å². The fraction of sp³-hybridized carbons (Fsp3) is 0.938. The van der Waals surface area contributed by atoms with Crippen LogP contribution in [0.3, 0.4) is 0 Å². The lowest BCUT2D eigenvalue weighted by Gasteiger charge is -2.43. The number of hydrogen-bond donors (Lipinski definition) is 1. The first-order valence-corrected chi connectivity index (χ1v) is 8.21. The maximum Gasteiger partial charge on any atom is 0.326 e. The van der Waals surface area contributed by atoms with Gasteiger partial charge in [-0.25, -0.2) is 0 Å². The van der Waals surface area contributed by atoms with Gasteiger partial charge in [0.25, 0.3) is 0 Å². The van der Waals surface area contributed by atoms with Crippen molar-refractivity contribution in [1.82, 2.24) is 10.2 Å². The molecule has 0 aliphatic heterocycles. The Morgan fingerprint density at radius 1 is 1.40 bits per heavy atom. The highest BCUT2D eigenvalue weighted by atomic mass is 16.5. The molecule has 0 aromatic rings. The molecule has 1 aliphatic carbocycles. The average molecular weight is 284 g/mol. The summed E-state index contributed by atoms with van der Waals surface area (Å²) in [6.45, 7) is 9.52. The number of hydrogen-bond acceptors (Lipinski definition) is 4.